The number of hydrazone groups is 1. The van der Waals surface area contributed by atoms with Gasteiger partial charge in [-0.1, -0.05) is 11.6 Å². The molecule has 1 aliphatic heterocycles. The largest absolute Gasteiger partial charge is 0.496 e. The molecule has 0 aliphatic carbocycles. The molecular formula is C16H24ClN4O2S+. The van der Waals surface area contributed by atoms with Crippen LogP contribution in [-0.2, 0) is 4.74 Å². The Morgan fingerprint density at radius 1 is 1.42 bits per heavy atom. The number of ether oxygens (including phenoxy) is 2. The molecular weight excluding hydrogens is 348 g/mol. The molecule has 0 atom stereocenters. The Kier molecular flexibility index (Phi) is 7.71. The molecule has 8 heteroatoms. The summed E-state index contributed by atoms with van der Waals surface area (Å²) in [7, 11) is 1.62. The van der Waals surface area contributed by atoms with Gasteiger partial charge >= 0.3 is 0 Å². The minimum atomic E-state index is 0.503. The first kappa shape index (κ1) is 18.9. The fourth-order valence-corrected chi connectivity index (χ4v) is 2.78. The van der Waals surface area contributed by atoms with E-state index in [1.165, 1.54) is 4.90 Å². The third-order valence-corrected chi connectivity index (χ3v) is 4.31. The Morgan fingerprint density at radius 3 is 2.88 bits per heavy atom. The van der Waals surface area contributed by atoms with Gasteiger partial charge in [-0.05, 0) is 37.3 Å². The predicted molar refractivity (Wildman–Crippen MR) is 100 cm³/mol. The molecule has 1 fully saturated rings. The first-order valence-corrected chi connectivity index (χ1v) is 8.72. The number of methoxy groups -OCH3 is 1. The van der Waals surface area contributed by atoms with E-state index >= 15 is 0 Å². The van der Waals surface area contributed by atoms with Gasteiger partial charge in [-0.25, -0.2) is 0 Å². The Morgan fingerprint density at radius 2 is 2.17 bits per heavy atom. The molecule has 1 heterocycles. The monoisotopic (exact) mass is 371 g/mol. The number of hydrogen-bond donors (Lipinski definition) is 3. The maximum Gasteiger partial charge on any atom is 0.187 e. The van der Waals surface area contributed by atoms with Crippen LogP contribution in [0.4, 0.5) is 0 Å². The zero-order valence-electron chi connectivity index (χ0n) is 14.0. The molecule has 3 N–H and O–H groups in total. The van der Waals surface area contributed by atoms with Gasteiger partial charge in [-0.2, -0.15) is 5.10 Å². The molecule has 1 aliphatic rings. The summed E-state index contributed by atoms with van der Waals surface area (Å²) < 4.78 is 10.7. The van der Waals surface area contributed by atoms with E-state index in [-0.39, 0.29) is 0 Å². The van der Waals surface area contributed by atoms with Crippen LogP contribution in [-0.4, -0.2) is 57.3 Å². The van der Waals surface area contributed by atoms with Crippen molar-refractivity contribution in [1.82, 2.24) is 10.7 Å². The number of nitrogens with zero attached hydrogens (tertiary/aromatic N) is 1. The molecule has 1 aromatic carbocycles. The molecule has 1 aromatic rings. The van der Waals surface area contributed by atoms with E-state index in [4.69, 9.17) is 33.3 Å². The van der Waals surface area contributed by atoms with Crippen molar-refractivity contribution in [2.75, 3.05) is 46.5 Å². The second-order valence-corrected chi connectivity index (χ2v) is 6.37. The number of morpholine rings is 1. The summed E-state index contributed by atoms with van der Waals surface area (Å²) in [5.74, 6) is 0.720. The van der Waals surface area contributed by atoms with Crippen molar-refractivity contribution in [3.8, 4) is 5.75 Å². The van der Waals surface area contributed by atoms with Crippen LogP contribution >= 0.6 is 23.8 Å². The van der Waals surface area contributed by atoms with Crippen LogP contribution in [0.3, 0.4) is 0 Å². The van der Waals surface area contributed by atoms with Crippen molar-refractivity contribution in [2.45, 2.75) is 6.92 Å². The van der Waals surface area contributed by atoms with E-state index in [0.29, 0.717) is 10.1 Å². The van der Waals surface area contributed by atoms with Crippen LogP contribution in [0.5, 0.6) is 5.75 Å². The lowest BCUT2D eigenvalue weighted by Crippen LogP contribution is -3.14. The van der Waals surface area contributed by atoms with Crippen LogP contribution in [0.25, 0.3) is 0 Å². The molecule has 24 heavy (non-hydrogen) atoms. The number of quaternary nitrogens is 1. The SMILES string of the molecule is COc1ccc(Cl)cc1/C(C)=N\NC(=S)NCC[NH+]1CCOCC1. The molecule has 0 spiro atoms. The predicted octanol–water partition coefficient (Wildman–Crippen LogP) is 0.452. The third kappa shape index (κ3) is 5.90. The quantitative estimate of drug-likeness (QED) is 0.385. The summed E-state index contributed by atoms with van der Waals surface area (Å²) >= 11 is 11.3. The average Bonchev–Trinajstić information content (AvgIpc) is 2.60. The highest BCUT2D eigenvalue weighted by Gasteiger charge is 2.13. The number of rotatable bonds is 6. The van der Waals surface area contributed by atoms with Crippen LogP contribution in [0, 0.1) is 0 Å². The Hall–Kier alpha value is -1.41. The van der Waals surface area contributed by atoms with Crippen LogP contribution < -0.4 is 20.4 Å². The fourth-order valence-electron chi connectivity index (χ4n) is 2.46. The fraction of sp³-hybridized carbons (Fsp3) is 0.500. The second-order valence-electron chi connectivity index (χ2n) is 5.52. The van der Waals surface area contributed by atoms with E-state index in [1.54, 1.807) is 13.2 Å². The minimum Gasteiger partial charge on any atom is -0.496 e. The van der Waals surface area contributed by atoms with Gasteiger partial charge in [0.1, 0.15) is 18.8 Å². The van der Waals surface area contributed by atoms with Crippen LogP contribution in [0.1, 0.15) is 12.5 Å². The third-order valence-electron chi connectivity index (χ3n) is 3.84. The molecule has 6 nitrogen and oxygen atoms in total. The lowest BCUT2D eigenvalue weighted by atomic mass is 10.1. The lowest BCUT2D eigenvalue weighted by molar-refractivity contribution is -0.906. The molecule has 2 rings (SSSR count). The van der Waals surface area contributed by atoms with Gasteiger partial charge in [0.2, 0.25) is 0 Å². The molecule has 0 radical (unpaired) electrons. The van der Waals surface area contributed by atoms with Crippen molar-refractivity contribution in [2.24, 2.45) is 5.10 Å². The summed E-state index contributed by atoms with van der Waals surface area (Å²) in [6, 6.07) is 5.42. The molecule has 0 aromatic heterocycles. The summed E-state index contributed by atoms with van der Waals surface area (Å²) in [5, 5.41) is 8.61. The first-order valence-electron chi connectivity index (χ1n) is 7.93. The maximum absolute atomic E-state index is 6.04. The van der Waals surface area contributed by atoms with Gasteiger partial charge < -0.3 is 19.7 Å². The van der Waals surface area contributed by atoms with Crippen LogP contribution in [0.15, 0.2) is 23.3 Å². The summed E-state index contributed by atoms with van der Waals surface area (Å²) in [6.07, 6.45) is 0. The van der Waals surface area contributed by atoms with Gasteiger partial charge in [-0.15, -0.1) is 0 Å². The highest BCUT2D eigenvalue weighted by atomic mass is 35.5. The highest BCUT2D eigenvalue weighted by molar-refractivity contribution is 7.80. The van der Waals surface area contributed by atoms with Crippen molar-refractivity contribution < 1.29 is 14.4 Å². The standard InChI is InChI=1S/C16H23ClN4O2S/c1-12(14-11-13(17)3-4-15(14)22-2)19-20-16(24)18-5-6-21-7-9-23-10-8-21/h3-4,11H,5-10H2,1-2H3,(H2,18,20,24)/p+1/b19-12-. The van der Waals surface area contributed by atoms with Crippen molar-refractivity contribution in [1.29, 1.82) is 0 Å². The van der Waals surface area contributed by atoms with Gasteiger partial charge in [-0.3, -0.25) is 5.43 Å². The average molecular weight is 372 g/mol. The summed E-state index contributed by atoms with van der Waals surface area (Å²) in [5.41, 5.74) is 4.44. The van der Waals surface area contributed by atoms with E-state index in [2.05, 4.69) is 15.8 Å². The van der Waals surface area contributed by atoms with Gasteiger partial charge in [0, 0.05) is 10.6 Å². The number of nitrogens with one attached hydrogen (secondary N) is 3. The van der Waals surface area contributed by atoms with Gasteiger partial charge in [0.25, 0.3) is 0 Å². The zero-order valence-corrected chi connectivity index (χ0v) is 15.6. The van der Waals surface area contributed by atoms with E-state index < -0.39 is 0 Å². The molecule has 132 valence electrons. The van der Waals surface area contributed by atoms with E-state index in [1.807, 2.05) is 19.1 Å². The maximum atomic E-state index is 6.04. The number of thiocarbonyl (C=S) groups is 1. The first-order chi connectivity index (χ1) is 11.6. The smallest absolute Gasteiger partial charge is 0.187 e. The highest BCUT2D eigenvalue weighted by Crippen LogP contribution is 2.23. The zero-order chi connectivity index (χ0) is 17.4. The van der Waals surface area contributed by atoms with Crippen molar-refractivity contribution in [3.63, 3.8) is 0 Å². The van der Waals surface area contributed by atoms with Crippen molar-refractivity contribution in [3.05, 3.63) is 28.8 Å². The molecule has 0 amide bonds. The molecule has 1 saturated heterocycles. The van der Waals surface area contributed by atoms with E-state index in [9.17, 15) is 0 Å². The topological polar surface area (TPSA) is 59.3 Å². The van der Waals surface area contributed by atoms with Gasteiger partial charge in [0.05, 0.1) is 39.1 Å². The summed E-state index contributed by atoms with van der Waals surface area (Å²) in [4.78, 5) is 1.53. The molecule has 0 bridgehead atoms. The Labute approximate surface area is 153 Å². The Balaban J connectivity index is 1.81. The van der Waals surface area contributed by atoms with Crippen molar-refractivity contribution >= 4 is 34.6 Å². The number of halogens is 1. The Bertz CT molecular complexity index is 591. The molecule has 0 unspecified atom stereocenters. The second kappa shape index (κ2) is 9.78. The molecule has 0 saturated carbocycles. The number of hydrogen-bond acceptors (Lipinski definition) is 4. The van der Waals surface area contributed by atoms with E-state index in [0.717, 1.165) is 56.4 Å². The minimum absolute atomic E-state index is 0.503. The lowest BCUT2D eigenvalue weighted by Gasteiger charge is -2.23. The van der Waals surface area contributed by atoms with Crippen LogP contribution in [0.2, 0.25) is 5.02 Å². The number of benzene rings is 1. The van der Waals surface area contributed by atoms with Gasteiger partial charge in [0.15, 0.2) is 5.11 Å². The normalized spacial score (nSPS) is 15.9. The summed E-state index contributed by atoms with van der Waals surface area (Å²) in [6.45, 7) is 7.46.